The molecule has 0 aromatic heterocycles. The van der Waals surface area contributed by atoms with E-state index in [9.17, 15) is 4.79 Å². The number of aliphatic hydroxyl groups is 1. The molecule has 1 amide bonds. The lowest BCUT2D eigenvalue weighted by molar-refractivity contribution is -0.136. The summed E-state index contributed by atoms with van der Waals surface area (Å²) < 4.78 is 1.17. The Morgan fingerprint density at radius 3 is 2.71 bits per heavy atom. The van der Waals surface area contributed by atoms with Crippen LogP contribution >= 0.6 is 27.5 Å². The molecule has 0 bridgehead atoms. The van der Waals surface area contributed by atoms with Gasteiger partial charge in [0.2, 0.25) is 5.91 Å². The van der Waals surface area contributed by atoms with E-state index in [1.54, 1.807) is 0 Å². The molecule has 4 nitrogen and oxygen atoms in total. The van der Waals surface area contributed by atoms with E-state index in [1.807, 2.05) is 17.0 Å². The number of rotatable bonds is 7. The molecule has 2 saturated heterocycles. The van der Waals surface area contributed by atoms with Gasteiger partial charge in [-0.15, -0.1) is 0 Å². The van der Waals surface area contributed by atoms with Gasteiger partial charge in [0.1, 0.15) is 6.61 Å². The van der Waals surface area contributed by atoms with E-state index in [1.165, 1.54) is 55.2 Å². The zero-order chi connectivity index (χ0) is 19.9. The summed E-state index contributed by atoms with van der Waals surface area (Å²) >= 11 is 9.80. The normalized spacial score (nSPS) is 21.8. The maximum absolute atomic E-state index is 11.7. The number of benzene rings is 1. The molecule has 1 aromatic rings. The van der Waals surface area contributed by atoms with Gasteiger partial charge in [-0.2, -0.15) is 0 Å². The van der Waals surface area contributed by atoms with Crippen molar-refractivity contribution in [3.05, 3.63) is 33.3 Å². The molecule has 6 heteroatoms. The largest absolute Gasteiger partial charge is 0.387 e. The molecule has 0 aliphatic carbocycles. The monoisotopic (exact) mass is 470 g/mol. The number of carbonyl (C=O) groups excluding carboxylic acids is 1. The van der Waals surface area contributed by atoms with Gasteiger partial charge in [-0.05, 0) is 100 Å². The van der Waals surface area contributed by atoms with Gasteiger partial charge in [-0.1, -0.05) is 27.5 Å². The summed E-state index contributed by atoms with van der Waals surface area (Å²) in [5.74, 6) is 1.22. The van der Waals surface area contributed by atoms with Crippen LogP contribution in [0.2, 0.25) is 5.02 Å². The van der Waals surface area contributed by atoms with Gasteiger partial charge >= 0.3 is 0 Å². The molecule has 156 valence electrons. The van der Waals surface area contributed by atoms with Gasteiger partial charge in [0.15, 0.2) is 0 Å². The van der Waals surface area contributed by atoms with Crippen LogP contribution in [-0.2, 0) is 11.2 Å². The Morgan fingerprint density at radius 2 is 1.96 bits per heavy atom. The third-order valence-electron chi connectivity index (χ3n) is 6.32. The fourth-order valence-electron chi connectivity index (χ4n) is 4.66. The number of halogens is 2. The zero-order valence-electron chi connectivity index (χ0n) is 16.6. The number of piperidine rings is 2. The number of amides is 1. The molecule has 0 saturated carbocycles. The summed E-state index contributed by atoms with van der Waals surface area (Å²) in [6.45, 7) is 4.82. The molecular weight excluding hydrogens is 440 g/mol. The lowest BCUT2D eigenvalue weighted by Gasteiger charge is -2.34. The number of hydrogen-bond acceptors (Lipinski definition) is 3. The predicted molar refractivity (Wildman–Crippen MR) is 118 cm³/mol. The summed E-state index contributed by atoms with van der Waals surface area (Å²) in [5.41, 5.74) is 1.32. The van der Waals surface area contributed by atoms with Crippen LogP contribution in [0, 0.1) is 11.8 Å². The number of nitrogens with zero attached hydrogens (tertiary/aromatic N) is 2. The van der Waals surface area contributed by atoms with Crippen LogP contribution in [0.1, 0.15) is 44.1 Å². The summed E-state index contributed by atoms with van der Waals surface area (Å²) in [7, 11) is 0. The van der Waals surface area contributed by atoms with Crippen molar-refractivity contribution in [2.75, 3.05) is 39.3 Å². The minimum atomic E-state index is -0.354. The van der Waals surface area contributed by atoms with Crippen LogP contribution < -0.4 is 0 Å². The highest BCUT2D eigenvalue weighted by Crippen LogP contribution is 2.28. The lowest BCUT2D eigenvalue weighted by Crippen LogP contribution is -2.41. The first-order chi connectivity index (χ1) is 13.5. The first-order valence-corrected chi connectivity index (χ1v) is 11.8. The van der Waals surface area contributed by atoms with Crippen molar-refractivity contribution in [3.8, 4) is 0 Å². The van der Waals surface area contributed by atoms with Crippen LogP contribution in [-0.4, -0.2) is 60.1 Å². The van der Waals surface area contributed by atoms with Gasteiger partial charge in [0.05, 0.1) is 0 Å². The number of hydrogen-bond donors (Lipinski definition) is 1. The smallest absolute Gasteiger partial charge is 0.248 e. The van der Waals surface area contributed by atoms with E-state index in [4.69, 9.17) is 16.7 Å². The quantitative estimate of drug-likeness (QED) is 0.642. The molecule has 1 atom stereocenters. The van der Waals surface area contributed by atoms with Crippen molar-refractivity contribution in [3.63, 3.8) is 0 Å². The molecule has 1 N–H and O–H groups in total. The van der Waals surface area contributed by atoms with Crippen molar-refractivity contribution in [2.24, 2.45) is 11.8 Å². The topological polar surface area (TPSA) is 43.8 Å². The Morgan fingerprint density at radius 1 is 1.18 bits per heavy atom. The van der Waals surface area contributed by atoms with Crippen molar-refractivity contribution in [2.45, 2.75) is 44.9 Å². The van der Waals surface area contributed by atoms with Crippen LogP contribution in [0.15, 0.2) is 22.7 Å². The first-order valence-electron chi connectivity index (χ1n) is 10.6. The molecule has 0 radical (unpaired) electrons. The van der Waals surface area contributed by atoms with Gasteiger partial charge in [-0.3, -0.25) is 4.79 Å². The zero-order valence-corrected chi connectivity index (χ0v) is 18.9. The second-order valence-corrected chi connectivity index (χ2v) is 9.66. The van der Waals surface area contributed by atoms with Gasteiger partial charge in [0.25, 0.3) is 0 Å². The van der Waals surface area contributed by atoms with E-state index in [2.05, 4.69) is 26.9 Å². The third-order valence-corrected chi connectivity index (χ3v) is 7.33. The second kappa shape index (κ2) is 11.0. The maximum atomic E-state index is 11.7. The van der Waals surface area contributed by atoms with Crippen molar-refractivity contribution >= 4 is 33.4 Å². The Hall–Kier alpha value is -0.620. The minimum Gasteiger partial charge on any atom is -0.387 e. The minimum absolute atomic E-state index is 0.113. The first kappa shape index (κ1) is 22.1. The average Bonchev–Trinajstić information content (AvgIpc) is 2.71. The second-order valence-electron chi connectivity index (χ2n) is 8.37. The predicted octanol–water partition coefficient (Wildman–Crippen LogP) is 4.37. The maximum Gasteiger partial charge on any atom is 0.248 e. The molecule has 2 aliphatic rings. The molecule has 2 fully saturated rings. The summed E-state index contributed by atoms with van der Waals surface area (Å²) in [6, 6.07) is 6.07. The van der Waals surface area contributed by atoms with Crippen LogP contribution in [0.4, 0.5) is 0 Å². The van der Waals surface area contributed by atoms with E-state index in [0.29, 0.717) is 5.92 Å². The molecule has 0 spiro atoms. The molecule has 2 aliphatic heterocycles. The highest BCUT2D eigenvalue weighted by atomic mass is 79.9. The highest BCUT2D eigenvalue weighted by Gasteiger charge is 2.24. The van der Waals surface area contributed by atoms with Gasteiger partial charge in [-0.25, -0.2) is 0 Å². The standard InChI is InChI=1S/C22H32BrClN2O2/c23-21-6-5-20(24)14-19(21)13-17-7-11-25(12-8-17)9-1-3-18-4-2-10-26(15-18)22(28)16-27/h5-6,14,17-18,27H,1-4,7-13,15-16H2. The van der Waals surface area contributed by atoms with Gasteiger partial charge < -0.3 is 14.9 Å². The lowest BCUT2D eigenvalue weighted by atomic mass is 9.89. The molecule has 2 heterocycles. The van der Waals surface area contributed by atoms with Crippen molar-refractivity contribution in [1.29, 1.82) is 0 Å². The third kappa shape index (κ3) is 6.45. The Bertz CT molecular complexity index is 649. The highest BCUT2D eigenvalue weighted by molar-refractivity contribution is 9.10. The number of aliphatic hydroxyl groups excluding tert-OH is 1. The fourth-order valence-corrected chi connectivity index (χ4v) is 5.26. The van der Waals surface area contributed by atoms with Crippen LogP contribution in [0.5, 0.6) is 0 Å². The molecular formula is C22H32BrClN2O2. The SMILES string of the molecule is O=C(CO)N1CCCC(CCCN2CCC(Cc3cc(Cl)ccc3Br)CC2)C1. The molecule has 3 rings (SSSR count). The van der Waals surface area contributed by atoms with Crippen LogP contribution in [0.3, 0.4) is 0 Å². The number of likely N-dealkylation sites (tertiary alicyclic amines) is 2. The van der Waals surface area contributed by atoms with Crippen molar-refractivity contribution in [1.82, 2.24) is 9.80 Å². The van der Waals surface area contributed by atoms with E-state index >= 15 is 0 Å². The summed E-state index contributed by atoms with van der Waals surface area (Å²) in [6.07, 6.45) is 8.28. The van der Waals surface area contributed by atoms with Crippen molar-refractivity contribution < 1.29 is 9.90 Å². The molecule has 1 unspecified atom stereocenters. The summed E-state index contributed by atoms with van der Waals surface area (Å²) in [5, 5.41) is 9.87. The van der Waals surface area contributed by atoms with Gasteiger partial charge in [0, 0.05) is 22.6 Å². The van der Waals surface area contributed by atoms with E-state index < -0.39 is 0 Å². The van der Waals surface area contributed by atoms with Crippen LogP contribution in [0.25, 0.3) is 0 Å². The molecule has 28 heavy (non-hydrogen) atoms. The molecule has 1 aromatic carbocycles. The fraction of sp³-hybridized carbons (Fsp3) is 0.682. The Kier molecular flexibility index (Phi) is 8.64. The Labute approximate surface area is 182 Å². The summed E-state index contributed by atoms with van der Waals surface area (Å²) in [4.78, 5) is 16.1. The van der Waals surface area contributed by atoms with E-state index in [-0.39, 0.29) is 12.5 Å². The average molecular weight is 472 g/mol. The number of carbonyl (C=O) groups is 1. The Balaban J connectivity index is 1.34. The van der Waals surface area contributed by atoms with E-state index in [0.717, 1.165) is 43.4 Å².